The second-order valence-corrected chi connectivity index (χ2v) is 6.32. The minimum absolute atomic E-state index is 0. The average Bonchev–Trinajstić information content (AvgIpc) is 2.80. The Morgan fingerprint density at radius 1 is 0.889 bits per heavy atom. The summed E-state index contributed by atoms with van der Waals surface area (Å²) in [6, 6.07) is 8.74. The molecule has 4 heteroatoms. The van der Waals surface area contributed by atoms with E-state index in [4.69, 9.17) is 0 Å². The Kier molecular flexibility index (Phi) is 4.73. The van der Waals surface area contributed by atoms with Crippen LogP contribution in [0, 0.1) is 0 Å². The van der Waals surface area contributed by atoms with Gasteiger partial charge in [-0.2, -0.15) is 0 Å². The molecule has 0 bridgehead atoms. The standard InChI is InChI=1S/C14H20BrN2.BrH/c15-13-3-5-14(6-4-13)16-7-11-17(12-8-16)9-1-2-10-17;/h3-6H,1-2,7-12H2;1H/q+1;. The molecule has 100 valence electrons. The van der Waals surface area contributed by atoms with E-state index in [1.807, 2.05) is 0 Å². The largest absolute Gasteiger partial charge is 0.360 e. The maximum Gasteiger partial charge on any atom is 0.0965 e. The van der Waals surface area contributed by atoms with Gasteiger partial charge in [0.1, 0.15) is 0 Å². The highest BCUT2D eigenvalue weighted by molar-refractivity contribution is 9.10. The lowest BCUT2D eigenvalue weighted by Crippen LogP contribution is -2.58. The molecule has 0 aliphatic carbocycles. The van der Waals surface area contributed by atoms with Gasteiger partial charge in [-0.05, 0) is 24.3 Å². The van der Waals surface area contributed by atoms with Crippen molar-refractivity contribution in [1.82, 2.24) is 0 Å². The van der Waals surface area contributed by atoms with Crippen LogP contribution in [0.5, 0.6) is 0 Å². The van der Waals surface area contributed by atoms with Crippen molar-refractivity contribution >= 4 is 38.6 Å². The van der Waals surface area contributed by atoms with Crippen molar-refractivity contribution in [2.24, 2.45) is 0 Å². The van der Waals surface area contributed by atoms with Crippen molar-refractivity contribution in [3.05, 3.63) is 28.7 Å². The van der Waals surface area contributed by atoms with Gasteiger partial charge in [-0.1, -0.05) is 15.9 Å². The molecule has 3 rings (SSSR count). The van der Waals surface area contributed by atoms with Crippen LogP contribution in [0.4, 0.5) is 5.69 Å². The highest BCUT2D eigenvalue weighted by Crippen LogP contribution is 2.25. The predicted octanol–water partition coefficient (Wildman–Crippen LogP) is 3.46. The molecule has 1 aromatic rings. The van der Waals surface area contributed by atoms with Crippen LogP contribution in [-0.2, 0) is 0 Å². The maximum atomic E-state index is 3.50. The summed E-state index contributed by atoms with van der Waals surface area (Å²) in [5.74, 6) is 0. The van der Waals surface area contributed by atoms with Crippen LogP contribution in [0.2, 0.25) is 0 Å². The third kappa shape index (κ3) is 2.91. The van der Waals surface area contributed by atoms with E-state index in [0.29, 0.717) is 0 Å². The summed E-state index contributed by atoms with van der Waals surface area (Å²) >= 11 is 3.50. The Balaban J connectivity index is 0.00000120. The van der Waals surface area contributed by atoms with Crippen molar-refractivity contribution in [2.45, 2.75) is 12.8 Å². The predicted molar refractivity (Wildman–Crippen MR) is 85.6 cm³/mol. The summed E-state index contributed by atoms with van der Waals surface area (Å²) in [7, 11) is 0. The van der Waals surface area contributed by atoms with E-state index in [-0.39, 0.29) is 17.0 Å². The van der Waals surface area contributed by atoms with Crippen LogP contribution in [0.25, 0.3) is 0 Å². The number of anilines is 1. The Morgan fingerprint density at radius 3 is 2.00 bits per heavy atom. The lowest BCUT2D eigenvalue weighted by atomic mass is 10.2. The number of quaternary nitrogens is 1. The SMILES string of the molecule is Br.Brc1ccc(N2CC[N+]3(CCCC3)CC2)cc1. The van der Waals surface area contributed by atoms with E-state index in [2.05, 4.69) is 45.1 Å². The minimum atomic E-state index is 0. The molecule has 1 spiro atoms. The third-order valence-corrected chi connectivity index (χ3v) is 4.92. The van der Waals surface area contributed by atoms with E-state index in [1.165, 1.54) is 66.8 Å². The molecule has 0 saturated carbocycles. The highest BCUT2D eigenvalue weighted by Gasteiger charge is 2.35. The molecule has 0 atom stereocenters. The molecule has 2 nitrogen and oxygen atoms in total. The normalized spacial score (nSPS) is 21.9. The molecule has 2 aliphatic heterocycles. The molecule has 0 N–H and O–H groups in total. The molecule has 2 saturated heterocycles. The zero-order valence-corrected chi connectivity index (χ0v) is 13.9. The summed E-state index contributed by atoms with van der Waals surface area (Å²) in [6.45, 7) is 7.98. The van der Waals surface area contributed by atoms with E-state index < -0.39 is 0 Å². The minimum Gasteiger partial charge on any atom is -0.360 e. The van der Waals surface area contributed by atoms with Crippen LogP contribution >= 0.6 is 32.9 Å². The maximum absolute atomic E-state index is 3.50. The third-order valence-electron chi connectivity index (χ3n) is 4.40. The van der Waals surface area contributed by atoms with E-state index in [1.54, 1.807) is 0 Å². The van der Waals surface area contributed by atoms with Crippen LogP contribution in [-0.4, -0.2) is 43.8 Å². The summed E-state index contributed by atoms with van der Waals surface area (Å²) in [5.41, 5.74) is 1.38. The molecule has 0 unspecified atom stereocenters. The molecule has 0 aromatic heterocycles. The number of rotatable bonds is 1. The van der Waals surface area contributed by atoms with Gasteiger partial charge in [-0.25, -0.2) is 0 Å². The van der Waals surface area contributed by atoms with Crippen molar-refractivity contribution in [2.75, 3.05) is 44.2 Å². The van der Waals surface area contributed by atoms with Gasteiger partial charge in [0.15, 0.2) is 0 Å². The Labute approximate surface area is 128 Å². The van der Waals surface area contributed by atoms with Gasteiger partial charge in [0.25, 0.3) is 0 Å². The molecule has 18 heavy (non-hydrogen) atoms. The Hall–Kier alpha value is -0.0600. The first-order valence-electron chi connectivity index (χ1n) is 6.63. The fourth-order valence-electron chi connectivity index (χ4n) is 3.25. The molecule has 2 fully saturated rings. The van der Waals surface area contributed by atoms with Gasteiger partial charge in [0, 0.05) is 23.0 Å². The van der Waals surface area contributed by atoms with Crippen LogP contribution < -0.4 is 4.90 Å². The van der Waals surface area contributed by atoms with Gasteiger partial charge >= 0.3 is 0 Å². The summed E-state index contributed by atoms with van der Waals surface area (Å²) in [6.07, 6.45) is 2.89. The summed E-state index contributed by atoms with van der Waals surface area (Å²) < 4.78 is 2.56. The Bertz CT molecular complexity index is 375. The molecule has 1 aromatic carbocycles. The molecular formula is C14H21Br2N2+. The monoisotopic (exact) mass is 375 g/mol. The van der Waals surface area contributed by atoms with Crippen LogP contribution in [0.3, 0.4) is 0 Å². The smallest absolute Gasteiger partial charge is 0.0965 e. The highest BCUT2D eigenvalue weighted by atomic mass is 79.9. The van der Waals surface area contributed by atoms with Gasteiger partial charge in [-0.3, -0.25) is 0 Å². The second-order valence-electron chi connectivity index (χ2n) is 5.41. The van der Waals surface area contributed by atoms with Gasteiger partial charge < -0.3 is 9.38 Å². The molecule has 2 heterocycles. The second kappa shape index (κ2) is 5.93. The number of nitrogens with zero attached hydrogens (tertiary/aromatic N) is 2. The first-order chi connectivity index (χ1) is 8.27. The first-order valence-corrected chi connectivity index (χ1v) is 7.42. The van der Waals surface area contributed by atoms with Crippen molar-refractivity contribution in [3.8, 4) is 0 Å². The number of piperazine rings is 1. The zero-order chi connectivity index (χ0) is 11.7. The average molecular weight is 377 g/mol. The molecule has 2 aliphatic rings. The number of hydrogen-bond acceptors (Lipinski definition) is 1. The van der Waals surface area contributed by atoms with Gasteiger partial charge in [-0.15, -0.1) is 17.0 Å². The van der Waals surface area contributed by atoms with Crippen molar-refractivity contribution < 1.29 is 4.48 Å². The van der Waals surface area contributed by atoms with E-state index >= 15 is 0 Å². The number of halogens is 2. The Morgan fingerprint density at radius 2 is 1.44 bits per heavy atom. The molecule has 0 radical (unpaired) electrons. The van der Waals surface area contributed by atoms with Crippen molar-refractivity contribution in [1.29, 1.82) is 0 Å². The first kappa shape index (κ1) is 14.4. The van der Waals surface area contributed by atoms with E-state index in [9.17, 15) is 0 Å². The fourth-order valence-corrected chi connectivity index (χ4v) is 3.52. The quantitative estimate of drug-likeness (QED) is 0.678. The van der Waals surface area contributed by atoms with Gasteiger partial charge in [0.2, 0.25) is 0 Å². The zero-order valence-electron chi connectivity index (χ0n) is 10.6. The topological polar surface area (TPSA) is 3.24 Å². The van der Waals surface area contributed by atoms with E-state index in [0.717, 1.165) is 0 Å². The number of benzene rings is 1. The van der Waals surface area contributed by atoms with Crippen molar-refractivity contribution in [3.63, 3.8) is 0 Å². The number of hydrogen-bond donors (Lipinski definition) is 0. The fraction of sp³-hybridized carbons (Fsp3) is 0.571. The van der Waals surface area contributed by atoms with Crippen LogP contribution in [0.1, 0.15) is 12.8 Å². The lowest BCUT2D eigenvalue weighted by molar-refractivity contribution is -0.917. The molecule has 0 amide bonds. The van der Waals surface area contributed by atoms with Crippen LogP contribution in [0.15, 0.2) is 28.7 Å². The summed E-state index contributed by atoms with van der Waals surface area (Å²) in [5, 5.41) is 0. The van der Waals surface area contributed by atoms with Gasteiger partial charge in [0.05, 0.1) is 39.3 Å². The lowest BCUT2D eigenvalue weighted by Gasteiger charge is -2.42. The summed E-state index contributed by atoms with van der Waals surface area (Å²) in [4.78, 5) is 2.54. The molecular weight excluding hydrogens is 356 g/mol.